The van der Waals surface area contributed by atoms with Gasteiger partial charge in [-0.25, -0.2) is 5.32 Å². The van der Waals surface area contributed by atoms with E-state index in [9.17, 15) is 0 Å². The molecule has 0 aromatic carbocycles. The number of hydrogen-bond acceptors (Lipinski definition) is 2. The van der Waals surface area contributed by atoms with Gasteiger partial charge in [-0.15, -0.1) is 11.3 Å². The third-order valence-corrected chi connectivity index (χ3v) is 3.50. The summed E-state index contributed by atoms with van der Waals surface area (Å²) in [6.45, 7) is 4.26. The Morgan fingerprint density at radius 2 is 2.62 bits per heavy atom. The van der Waals surface area contributed by atoms with Gasteiger partial charge in [0, 0.05) is 30.1 Å². The summed E-state index contributed by atoms with van der Waals surface area (Å²) in [7, 11) is 0. The molecule has 1 aliphatic rings. The molecule has 1 saturated heterocycles. The van der Waals surface area contributed by atoms with Crippen molar-refractivity contribution >= 4 is 11.3 Å². The molecule has 71 valence electrons. The number of nitrogens with zero attached hydrogens (tertiary/aromatic N) is 1. The van der Waals surface area contributed by atoms with Crippen LogP contribution in [0.3, 0.4) is 0 Å². The minimum absolute atomic E-state index is 0.485. The summed E-state index contributed by atoms with van der Waals surface area (Å²) in [6.07, 6.45) is 1.20. The summed E-state index contributed by atoms with van der Waals surface area (Å²) in [4.78, 5) is 1.42. The molecule has 1 fully saturated rings. The molecule has 0 amide bonds. The van der Waals surface area contributed by atoms with E-state index >= 15 is 0 Å². The Morgan fingerprint density at radius 1 is 1.69 bits per heavy atom. The van der Waals surface area contributed by atoms with Gasteiger partial charge in [-0.1, -0.05) is 6.07 Å². The van der Waals surface area contributed by atoms with E-state index in [1.165, 1.54) is 11.3 Å². The third-order valence-electron chi connectivity index (χ3n) is 2.44. The lowest BCUT2D eigenvalue weighted by molar-refractivity contribution is 0.482. The predicted octanol–water partition coefficient (Wildman–Crippen LogP) is 1.78. The number of nitrogens with one attached hydrogen (secondary N) is 1. The van der Waals surface area contributed by atoms with Crippen LogP contribution in [-0.4, -0.2) is 19.1 Å². The van der Waals surface area contributed by atoms with Gasteiger partial charge >= 0.3 is 0 Å². The van der Waals surface area contributed by atoms with E-state index in [1.54, 1.807) is 0 Å². The minimum atomic E-state index is 0.485. The molecule has 2 rings (SSSR count). The van der Waals surface area contributed by atoms with Crippen LogP contribution in [0.1, 0.15) is 24.3 Å². The Labute approximate surface area is 83.4 Å². The molecule has 1 aromatic heterocycles. The fourth-order valence-electron chi connectivity index (χ4n) is 1.69. The Hall–Kier alpha value is -0.380. The van der Waals surface area contributed by atoms with Crippen molar-refractivity contribution < 1.29 is 0 Å². The second kappa shape index (κ2) is 4.22. The molecule has 2 nitrogen and oxygen atoms in total. The van der Waals surface area contributed by atoms with E-state index < -0.39 is 0 Å². The van der Waals surface area contributed by atoms with E-state index in [0.29, 0.717) is 12.1 Å². The molecule has 0 bridgehead atoms. The molecule has 2 heterocycles. The van der Waals surface area contributed by atoms with Gasteiger partial charge in [0.2, 0.25) is 0 Å². The first kappa shape index (κ1) is 9.19. The average molecular weight is 195 g/mol. The highest BCUT2D eigenvalue weighted by atomic mass is 32.1. The van der Waals surface area contributed by atoms with Gasteiger partial charge in [0.1, 0.15) is 0 Å². The van der Waals surface area contributed by atoms with E-state index in [0.717, 1.165) is 13.1 Å². The van der Waals surface area contributed by atoms with Gasteiger partial charge in [0.15, 0.2) is 0 Å². The van der Waals surface area contributed by atoms with Crippen LogP contribution in [0.2, 0.25) is 0 Å². The van der Waals surface area contributed by atoms with Crippen LogP contribution < -0.4 is 10.6 Å². The molecule has 1 aliphatic heterocycles. The van der Waals surface area contributed by atoms with Crippen molar-refractivity contribution in [2.24, 2.45) is 0 Å². The Morgan fingerprint density at radius 3 is 3.23 bits per heavy atom. The topological polar surface area (TPSA) is 26.1 Å². The molecule has 1 N–H and O–H groups in total. The van der Waals surface area contributed by atoms with Gasteiger partial charge in [-0.3, -0.25) is 0 Å². The fourth-order valence-corrected chi connectivity index (χ4v) is 2.44. The van der Waals surface area contributed by atoms with Crippen molar-refractivity contribution in [2.45, 2.75) is 25.4 Å². The smallest absolute Gasteiger partial charge is 0.0388 e. The van der Waals surface area contributed by atoms with Crippen LogP contribution in [0.25, 0.3) is 0 Å². The van der Waals surface area contributed by atoms with Gasteiger partial charge in [0.25, 0.3) is 0 Å². The molecule has 1 aromatic rings. The first-order chi connectivity index (χ1) is 6.36. The van der Waals surface area contributed by atoms with Crippen LogP contribution in [0.4, 0.5) is 0 Å². The van der Waals surface area contributed by atoms with Crippen molar-refractivity contribution in [1.29, 1.82) is 0 Å². The van der Waals surface area contributed by atoms with E-state index in [4.69, 9.17) is 0 Å². The highest BCUT2D eigenvalue weighted by Gasteiger charge is 2.18. The maximum atomic E-state index is 4.34. The maximum Gasteiger partial charge on any atom is 0.0388 e. The normalized spacial score (nSPS) is 24.8. The monoisotopic (exact) mass is 195 g/mol. The Bertz CT molecular complexity index is 239. The quantitative estimate of drug-likeness (QED) is 0.781. The number of rotatable bonds is 3. The minimum Gasteiger partial charge on any atom is -0.305 e. The zero-order valence-corrected chi connectivity index (χ0v) is 8.68. The molecule has 0 aliphatic carbocycles. The Balaban J connectivity index is 1.87. The molecule has 3 heteroatoms. The van der Waals surface area contributed by atoms with Crippen LogP contribution in [0.5, 0.6) is 0 Å². The summed E-state index contributed by atoms with van der Waals surface area (Å²) in [5, 5.41) is 10.1. The van der Waals surface area contributed by atoms with E-state index in [-0.39, 0.29) is 0 Å². The summed E-state index contributed by atoms with van der Waals surface area (Å²) in [5.74, 6) is 0. The molecule has 1 radical (unpaired) electrons. The Kier molecular flexibility index (Phi) is 2.98. The molecular formula is C10H15N2S. The standard InChI is InChI=1S/C10H15N2S/c1-8(10-3-2-6-13-10)12-9-4-5-11-7-9/h2-3,6,8-9,12H,4-5,7H2,1H3. The molecule has 2 atom stereocenters. The summed E-state index contributed by atoms with van der Waals surface area (Å²) < 4.78 is 0. The molecule has 0 saturated carbocycles. The number of thiophene rings is 1. The van der Waals surface area contributed by atoms with Gasteiger partial charge in [0.05, 0.1) is 0 Å². The van der Waals surface area contributed by atoms with E-state index in [1.807, 2.05) is 11.3 Å². The largest absolute Gasteiger partial charge is 0.305 e. The summed E-state index contributed by atoms with van der Waals surface area (Å²) in [6, 6.07) is 5.39. The molecule has 13 heavy (non-hydrogen) atoms. The second-order valence-corrected chi connectivity index (χ2v) is 4.50. The maximum absolute atomic E-state index is 4.34. The SMILES string of the molecule is CC(NC1CC[N]C1)c1cccs1. The number of hydrogen-bond donors (Lipinski definition) is 1. The van der Waals surface area contributed by atoms with Crippen LogP contribution in [0, 0.1) is 0 Å². The zero-order chi connectivity index (χ0) is 9.10. The second-order valence-electron chi connectivity index (χ2n) is 3.52. The lowest BCUT2D eigenvalue weighted by Crippen LogP contribution is -2.31. The highest BCUT2D eigenvalue weighted by Crippen LogP contribution is 2.19. The fraction of sp³-hybridized carbons (Fsp3) is 0.600. The lowest BCUT2D eigenvalue weighted by Gasteiger charge is -2.16. The van der Waals surface area contributed by atoms with Gasteiger partial charge < -0.3 is 5.32 Å². The molecule has 0 spiro atoms. The van der Waals surface area contributed by atoms with Crippen molar-refractivity contribution in [1.82, 2.24) is 10.6 Å². The van der Waals surface area contributed by atoms with Crippen molar-refractivity contribution in [3.05, 3.63) is 22.4 Å². The predicted molar refractivity (Wildman–Crippen MR) is 56.1 cm³/mol. The van der Waals surface area contributed by atoms with E-state index in [2.05, 4.69) is 35.1 Å². The molecular weight excluding hydrogens is 180 g/mol. The van der Waals surface area contributed by atoms with Crippen molar-refractivity contribution in [3.63, 3.8) is 0 Å². The highest BCUT2D eigenvalue weighted by molar-refractivity contribution is 7.10. The summed E-state index contributed by atoms with van der Waals surface area (Å²) >= 11 is 1.82. The van der Waals surface area contributed by atoms with Crippen LogP contribution in [-0.2, 0) is 0 Å². The zero-order valence-electron chi connectivity index (χ0n) is 7.86. The lowest BCUT2D eigenvalue weighted by atomic mass is 10.2. The van der Waals surface area contributed by atoms with Crippen molar-refractivity contribution in [3.8, 4) is 0 Å². The third kappa shape index (κ3) is 2.30. The molecule has 2 unspecified atom stereocenters. The first-order valence-electron chi connectivity index (χ1n) is 4.79. The first-order valence-corrected chi connectivity index (χ1v) is 5.67. The average Bonchev–Trinajstić information content (AvgIpc) is 2.74. The van der Waals surface area contributed by atoms with Gasteiger partial charge in [-0.05, 0) is 24.8 Å². The van der Waals surface area contributed by atoms with Gasteiger partial charge in [-0.2, -0.15) is 0 Å². The van der Waals surface area contributed by atoms with Crippen LogP contribution >= 0.6 is 11.3 Å². The van der Waals surface area contributed by atoms with Crippen LogP contribution in [0.15, 0.2) is 17.5 Å². The van der Waals surface area contributed by atoms with Crippen molar-refractivity contribution in [2.75, 3.05) is 13.1 Å². The summed E-state index contributed by atoms with van der Waals surface area (Å²) in [5.41, 5.74) is 0.